The molecule has 2 aromatic carbocycles. The Kier molecular flexibility index (Phi) is 3.39. The number of rotatable bonds is 3. The van der Waals surface area contributed by atoms with Gasteiger partial charge in [0.15, 0.2) is 0 Å². The number of carbonyl (C=O) groups is 2. The van der Waals surface area contributed by atoms with Crippen LogP contribution in [0.5, 0.6) is 0 Å². The second kappa shape index (κ2) is 5.22. The number of hydrogen-bond donors (Lipinski definition) is 0. The number of imide groups is 1. The minimum Gasteiger partial charge on any atom is -0.356 e. The molecule has 5 heteroatoms. The number of carbonyl (C=O) groups excluding carboxylic acids is 2. The molecule has 0 aliphatic carbocycles. The summed E-state index contributed by atoms with van der Waals surface area (Å²) in [6.45, 7) is 0.202. The lowest BCUT2D eigenvalue weighted by Gasteiger charge is -2.24. The molecule has 1 aliphatic heterocycles. The number of halogens is 1. The fraction of sp³-hybridized carbons (Fsp3) is 0.125. The molecule has 2 aromatic rings. The average Bonchev–Trinajstić information content (AvgIpc) is 2.73. The number of anilines is 1. The topological polar surface area (TPSA) is 40.6 Å². The summed E-state index contributed by atoms with van der Waals surface area (Å²) in [5.41, 5.74) is 1.81. The summed E-state index contributed by atoms with van der Waals surface area (Å²) in [6, 6.07) is 14.1. The predicted octanol–water partition coefficient (Wildman–Crippen LogP) is 3.03. The van der Waals surface area contributed by atoms with Crippen LogP contribution in [0.15, 0.2) is 48.5 Å². The zero-order valence-electron chi connectivity index (χ0n) is 11.4. The van der Waals surface area contributed by atoms with Crippen molar-refractivity contribution in [1.82, 2.24) is 4.90 Å². The van der Waals surface area contributed by atoms with Gasteiger partial charge in [0.25, 0.3) is 11.8 Å². The van der Waals surface area contributed by atoms with E-state index in [0.29, 0.717) is 16.1 Å². The third-order valence-corrected chi connectivity index (χ3v) is 3.75. The standard InChI is InChI=1S/C16H13ClN2O2/c1-18(12-8-6-11(17)7-9-12)10-19-15(20)13-4-2-3-5-14(13)16(19)21/h2-9H,10H2,1H3. The molecule has 0 saturated carbocycles. The van der Waals surface area contributed by atoms with E-state index in [-0.39, 0.29) is 18.5 Å². The quantitative estimate of drug-likeness (QED) is 0.818. The van der Waals surface area contributed by atoms with Crippen LogP contribution in [-0.2, 0) is 0 Å². The van der Waals surface area contributed by atoms with Gasteiger partial charge in [-0.05, 0) is 36.4 Å². The molecule has 0 aromatic heterocycles. The van der Waals surface area contributed by atoms with Crippen LogP contribution in [0, 0.1) is 0 Å². The Morgan fingerprint density at radius 1 is 0.952 bits per heavy atom. The van der Waals surface area contributed by atoms with Crippen molar-refractivity contribution in [3.05, 3.63) is 64.7 Å². The van der Waals surface area contributed by atoms with E-state index in [9.17, 15) is 9.59 Å². The van der Waals surface area contributed by atoms with Crippen molar-refractivity contribution < 1.29 is 9.59 Å². The number of benzene rings is 2. The van der Waals surface area contributed by atoms with Gasteiger partial charge in [-0.15, -0.1) is 0 Å². The highest BCUT2D eigenvalue weighted by Gasteiger charge is 2.35. The normalized spacial score (nSPS) is 13.5. The number of fused-ring (bicyclic) bond motifs is 1. The van der Waals surface area contributed by atoms with E-state index in [0.717, 1.165) is 5.69 Å². The molecular formula is C16H13ClN2O2. The van der Waals surface area contributed by atoms with Crippen molar-refractivity contribution in [2.24, 2.45) is 0 Å². The fourth-order valence-electron chi connectivity index (χ4n) is 2.36. The van der Waals surface area contributed by atoms with E-state index in [2.05, 4.69) is 0 Å². The first kappa shape index (κ1) is 13.6. The van der Waals surface area contributed by atoms with Gasteiger partial charge in [0.2, 0.25) is 0 Å². The molecule has 0 unspecified atom stereocenters. The van der Waals surface area contributed by atoms with Crippen LogP contribution >= 0.6 is 11.6 Å². The summed E-state index contributed by atoms with van der Waals surface area (Å²) in [7, 11) is 1.83. The number of hydrogen-bond acceptors (Lipinski definition) is 3. The second-order valence-corrected chi connectivity index (χ2v) is 5.34. The lowest BCUT2D eigenvalue weighted by atomic mass is 10.1. The summed E-state index contributed by atoms with van der Waals surface area (Å²) in [5.74, 6) is -0.507. The zero-order chi connectivity index (χ0) is 15.0. The largest absolute Gasteiger partial charge is 0.356 e. The van der Waals surface area contributed by atoms with Crippen molar-refractivity contribution >= 4 is 29.1 Å². The highest BCUT2D eigenvalue weighted by molar-refractivity contribution is 6.30. The first-order valence-corrected chi connectivity index (χ1v) is 6.87. The molecule has 0 saturated heterocycles. The van der Waals surface area contributed by atoms with Gasteiger partial charge in [0.1, 0.15) is 6.67 Å². The molecule has 3 rings (SSSR count). The minimum atomic E-state index is -0.253. The smallest absolute Gasteiger partial charge is 0.263 e. The van der Waals surface area contributed by atoms with Crippen LogP contribution in [0.2, 0.25) is 5.02 Å². The van der Waals surface area contributed by atoms with Crippen LogP contribution < -0.4 is 4.90 Å². The molecule has 1 aliphatic rings. The summed E-state index contributed by atoms with van der Waals surface area (Å²) in [4.78, 5) is 27.7. The van der Waals surface area contributed by atoms with Gasteiger partial charge in [-0.3, -0.25) is 14.5 Å². The van der Waals surface area contributed by atoms with Gasteiger partial charge in [-0.25, -0.2) is 0 Å². The molecule has 1 heterocycles. The van der Waals surface area contributed by atoms with E-state index in [1.807, 2.05) is 24.1 Å². The highest BCUT2D eigenvalue weighted by Crippen LogP contribution is 2.24. The van der Waals surface area contributed by atoms with Gasteiger partial charge < -0.3 is 4.90 Å². The summed E-state index contributed by atoms with van der Waals surface area (Å²) in [5, 5.41) is 0.646. The van der Waals surface area contributed by atoms with Crippen molar-refractivity contribution in [3.63, 3.8) is 0 Å². The van der Waals surface area contributed by atoms with Crippen LogP contribution in [0.25, 0.3) is 0 Å². The van der Waals surface area contributed by atoms with E-state index >= 15 is 0 Å². The van der Waals surface area contributed by atoms with Crippen LogP contribution in [0.4, 0.5) is 5.69 Å². The van der Waals surface area contributed by atoms with Gasteiger partial charge in [-0.2, -0.15) is 0 Å². The first-order chi connectivity index (χ1) is 10.1. The van der Waals surface area contributed by atoms with Crippen LogP contribution in [0.3, 0.4) is 0 Å². The highest BCUT2D eigenvalue weighted by atomic mass is 35.5. The van der Waals surface area contributed by atoms with E-state index < -0.39 is 0 Å². The van der Waals surface area contributed by atoms with Crippen LogP contribution in [0.1, 0.15) is 20.7 Å². The van der Waals surface area contributed by atoms with Crippen molar-refractivity contribution in [1.29, 1.82) is 0 Å². The Hall–Kier alpha value is -2.33. The fourth-order valence-corrected chi connectivity index (χ4v) is 2.48. The summed E-state index contributed by atoms with van der Waals surface area (Å²) < 4.78 is 0. The monoisotopic (exact) mass is 300 g/mol. The second-order valence-electron chi connectivity index (χ2n) is 4.90. The maximum absolute atomic E-state index is 12.3. The van der Waals surface area contributed by atoms with Gasteiger partial charge in [0, 0.05) is 17.8 Å². The van der Waals surface area contributed by atoms with Gasteiger partial charge in [-0.1, -0.05) is 23.7 Å². The Morgan fingerprint density at radius 2 is 1.48 bits per heavy atom. The lowest BCUT2D eigenvalue weighted by molar-refractivity contribution is 0.0656. The van der Waals surface area contributed by atoms with Crippen molar-refractivity contribution in [2.45, 2.75) is 0 Å². The summed E-state index contributed by atoms with van der Waals surface area (Å²) in [6.07, 6.45) is 0. The maximum Gasteiger partial charge on any atom is 0.263 e. The molecule has 21 heavy (non-hydrogen) atoms. The molecule has 0 atom stereocenters. The maximum atomic E-state index is 12.3. The Morgan fingerprint density at radius 3 is 2.00 bits per heavy atom. The van der Waals surface area contributed by atoms with Gasteiger partial charge in [0.05, 0.1) is 11.1 Å². The molecule has 4 nitrogen and oxygen atoms in total. The number of nitrogens with zero attached hydrogens (tertiary/aromatic N) is 2. The van der Waals surface area contributed by atoms with Crippen molar-refractivity contribution in [2.75, 3.05) is 18.6 Å². The molecular weight excluding hydrogens is 288 g/mol. The number of amides is 2. The van der Waals surface area contributed by atoms with Crippen molar-refractivity contribution in [3.8, 4) is 0 Å². The minimum absolute atomic E-state index is 0.202. The molecule has 0 N–H and O–H groups in total. The van der Waals surface area contributed by atoms with Crippen LogP contribution in [-0.4, -0.2) is 30.4 Å². The molecule has 0 bridgehead atoms. The predicted molar refractivity (Wildman–Crippen MR) is 81.7 cm³/mol. The zero-order valence-corrected chi connectivity index (χ0v) is 12.2. The molecule has 106 valence electrons. The third-order valence-electron chi connectivity index (χ3n) is 3.50. The third kappa shape index (κ3) is 2.38. The average molecular weight is 301 g/mol. The molecule has 0 fully saturated rings. The first-order valence-electron chi connectivity index (χ1n) is 6.50. The molecule has 0 radical (unpaired) electrons. The van der Waals surface area contributed by atoms with E-state index in [1.165, 1.54) is 4.90 Å². The molecule has 0 spiro atoms. The lowest BCUT2D eigenvalue weighted by Crippen LogP contribution is -2.39. The van der Waals surface area contributed by atoms with Gasteiger partial charge >= 0.3 is 0 Å². The Balaban J connectivity index is 1.82. The molecule has 2 amide bonds. The SMILES string of the molecule is CN(CN1C(=O)c2ccccc2C1=O)c1ccc(Cl)cc1. The summed E-state index contributed by atoms with van der Waals surface area (Å²) >= 11 is 5.86. The van der Waals surface area contributed by atoms with E-state index in [1.54, 1.807) is 36.4 Å². The van der Waals surface area contributed by atoms with E-state index in [4.69, 9.17) is 11.6 Å². The Labute approximate surface area is 127 Å². The Bertz CT molecular complexity index is 677.